The molecule has 4 rings (SSSR count). The van der Waals surface area contributed by atoms with Gasteiger partial charge in [-0.05, 0) is 49.4 Å². The summed E-state index contributed by atoms with van der Waals surface area (Å²) in [6.07, 6.45) is 9.19. The van der Waals surface area contributed by atoms with Crippen molar-refractivity contribution in [2.24, 2.45) is 5.92 Å². The lowest BCUT2D eigenvalue weighted by Gasteiger charge is -2.21. The van der Waals surface area contributed by atoms with Crippen LogP contribution in [0.15, 0.2) is 24.3 Å². The summed E-state index contributed by atoms with van der Waals surface area (Å²) in [4.78, 5) is 19.9. The number of nitrogens with one attached hydrogen (secondary N) is 2. The smallest absolute Gasteiger partial charge is 0.224 e. The highest BCUT2D eigenvalue weighted by Gasteiger charge is 2.23. The fourth-order valence-corrected chi connectivity index (χ4v) is 5.06. The second kappa shape index (κ2) is 10.4. The maximum Gasteiger partial charge on any atom is 0.224 e. The molecule has 1 aliphatic heterocycles. The van der Waals surface area contributed by atoms with Crippen molar-refractivity contribution in [2.75, 3.05) is 36.5 Å². The Kier molecular flexibility index (Phi) is 7.41. The van der Waals surface area contributed by atoms with Crippen molar-refractivity contribution in [2.45, 2.75) is 64.3 Å². The van der Waals surface area contributed by atoms with Crippen LogP contribution in [0, 0.1) is 12.8 Å². The van der Waals surface area contributed by atoms with Gasteiger partial charge in [-0.25, -0.2) is 4.98 Å². The van der Waals surface area contributed by atoms with E-state index in [1.165, 1.54) is 32.1 Å². The number of amides is 1. The fraction of sp³-hybridized carbons (Fsp3) is 0.600. The van der Waals surface area contributed by atoms with Crippen molar-refractivity contribution in [3.8, 4) is 0 Å². The molecule has 31 heavy (non-hydrogen) atoms. The third kappa shape index (κ3) is 5.55. The van der Waals surface area contributed by atoms with Crippen LogP contribution in [0.4, 0.5) is 11.5 Å². The summed E-state index contributed by atoms with van der Waals surface area (Å²) in [5, 5.41) is 16.6. The first-order chi connectivity index (χ1) is 15.1. The molecule has 6 nitrogen and oxygen atoms in total. The first-order valence-electron chi connectivity index (χ1n) is 11.9. The van der Waals surface area contributed by atoms with Crippen LogP contribution in [-0.2, 0) is 4.79 Å². The number of aliphatic hydroxyl groups excluding tert-OH is 1. The molecule has 1 amide bonds. The molecular formula is C25H36N4O2. The van der Waals surface area contributed by atoms with Crippen LogP contribution in [0.3, 0.4) is 0 Å². The van der Waals surface area contributed by atoms with E-state index in [1.54, 1.807) is 0 Å². The van der Waals surface area contributed by atoms with Gasteiger partial charge in [0.15, 0.2) is 0 Å². The molecule has 1 saturated carbocycles. The summed E-state index contributed by atoms with van der Waals surface area (Å²) in [5.41, 5.74) is 2.88. The number of hydrogen-bond acceptors (Lipinski definition) is 5. The number of rotatable bonds is 8. The number of fused-ring (bicyclic) bond motifs is 1. The minimum atomic E-state index is 0.114. The van der Waals surface area contributed by atoms with Crippen molar-refractivity contribution in [3.63, 3.8) is 0 Å². The quantitative estimate of drug-likeness (QED) is 0.597. The van der Waals surface area contributed by atoms with E-state index in [0.717, 1.165) is 53.9 Å². The summed E-state index contributed by atoms with van der Waals surface area (Å²) in [5.74, 6) is 1.80. The highest BCUT2D eigenvalue weighted by molar-refractivity contribution is 6.02. The minimum absolute atomic E-state index is 0.114. The number of pyridine rings is 1. The van der Waals surface area contributed by atoms with Gasteiger partial charge < -0.3 is 20.6 Å². The molecule has 1 aliphatic carbocycles. The van der Waals surface area contributed by atoms with Gasteiger partial charge in [0.25, 0.3) is 0 Å². The van der Waals surface area contributed by atoms with E-state index in [9.17, 15) is 4.79 Å². The molecular weight excluding hydrogens is 388 g/mol. The van der Waals surface area contributed by atoms with Crippen LogP contribution in [0.25, 0.3) is 10.9 Å². The summed E-state index contributed by atoms with van der Waals surface area (Å²) in [6.45, 7) is 4.70. The van der Waals surface area contributed by atoms with Crippen molar-refractivity contribution < 1.29 is 9.90 Å². The molecule has 168 valence electrons. The molecule has 3 N–H and O–H groups in total. The minimum Gasteiger partial charge on any atom is -0.395 e. The maximum absolute atomic E-state index is 12.7. The summed E-state index contributed by atoms with van der Waals surface area (Å²) < 4.78 is 0. The zero-order valence-corrected chi connectivity index (χ0v) is 18.7. The van der Waals surface area contributed by atoms with Gasteiger partial charge in [-0.3, -0.25) is 4.79 Å². The van der Waals surface area contributed by atoms with Crippen LogP contribution < -0.4 is 15.5 Å². The number of carbonyl (C=O) groups excluding carboxylic acids is 1. The lowest BCUT2D eigenvalue weighted by atomic mass is 9.86. The Hall–Kier alpha value is -2.18. The lowest BCUT2D eigenvalue weighted by molar-refractivity contribution is -0.116. The van der Waals surface area contributed by atoms with Gasteiger partial charge in [0.1, 0.15) is 5.82 Å². The first-order valence-corrected chi connectivity index (χ1v) is 11.9. The molecule has 1 unspecified atom stereocenters. The molecule has 2 aliphatic rings. The van der Waals surface area contributed by atoms with Gasteiger partial charge in [0, 0.05) is 37.5 Å². The average molecular weight is 425 g/mol. The van der Waals surface area contributed by atoms with Gasteiger partial charge >= 0.3 is 0 Å². The molecule has 2 heterocycles. The van der Waals surface area contributed by atoms with Crippen LogP contribution in [0.5, 0.6) is 0 Å². The van der Waals surface area contributed by atoms with Crippen LogP contribution in [0.1, 0.15) is 56.9 Å². The third-order valence-electron chi connectivity index (χ3n) is 6.89. The van der Waals surface area contributed by atoms with Crippen molar-refractivity contribution >= 4 is 28.3 Å². The Morgan fingerprint density at radius 2 is 2.00 bits per heavy atom. The summed E-state index contributed by atoms with van der Waals surface area (Å²) in [6, 6.07) is 8.64. The monoisotopic (exact) mass is 424 g/mol. The van der Waals surface area contributed by atoms with Crippen LogP contribution in [-0.4, -0.2) is 48.3 Å². The highest BCUT2D eigenvalue weighted by atomic mass is 16.3. The third-order valence-corrected chi connectivity index (χ3v) is 6.89. The summed E-state index contributed by atoms with van der Waals surface area (Å²) in [7, 11) is 0. The predicted octanol–water partition coefficient (Wildman–Crippen LogP) is 4.00. The SMILES string of the molecule is Cc1ccc2nc(N3CCC(NCCO)C3)ccc2c1NC(=O)CCC1CCCCC1. The van der Waals surface area contributed by atoms with E-state index in [-0.39, 0.29) is 12.5 Å². The van der Waals surface area contributed by atoms with E-state index in [4.69, 9.17) is 10.1 Å². The number of anilines is 2. The molecule has 6 heteroatoms. The molecule has 0 spiro atoms. The fourth-order valence-electron chi connectivity index (χ4n) is 5.06. The zero-order valence-electron chi connectivity index (χ0n) is 18.7. The van der Waals surface area contributed by atoms with Crippen molar-refractivity contribution in [3.05, 3.63) is 29.8 Å². The molecule has 1 aromatic carbocycles. The van der Waals surface area contributed by atoms with Gasteiger partial charge in [-0.1, -0.05) is 38.2 Å². The van der Waals surface area contributed by atoms with Gasteiger partial charge in [-0.2, -0.15) is 0 Å². The van der Waals surface area contributed by atoms with E-state index in [1.807, 2.05) is 19.1 Å². The van der Waals surface area contributed by atoms with Crippen molar-refractivity contribution in [1.29, 1.82) is 0 Å². The van der Waals surface area contributed by atoms with E-state index in [2.05, 4.69) is 27.7 Å². The first kappa shape index (κ1) is 22.0. The lowest BCUT2D eigenvalue weighted by Crippen LogP contribution is -2.34. The number of carbonyl (C=O) groups is 1. The molecule has 2 fully saturated rings. The second-order valence-electron chi connectivity index (χ2n) is 9.19. The second-order valence-corrected chi connectivity index (χ2v) is 9.19. The zero-order chi connectivity index (χ0) is 21.6. The van der Waals surface area contributed by atoms with E-state index >= 15 is 0 Å². The molecule has 1 aromatic heterocycles. The number of hydrogen-bond donors (Lipinski definition) is 3. The Balaban J connectivity index is 1.43. The average Bonchev–Trinajstić information content (AvgIpc) is 3.27. The van der Waals surface area contributed by atoms with Crippen LogP contribution >= 0.6 is 0 Å². The summed E-state index contributed by atoms with van der Waals surface area (Å²) >= 11 is 0. The molecule has 2 aromatic rings. The number of benzene rings is 1. The molecule has 1 saturated heterocycles. The Morgan fingerprint density at radius 3 is 2.81 bits per heavy atom. The molecule has 1 atom stereocenters. The standard InChI is InChI=1S/C25H36N4O2/c1-18-7-10-22-21(25(18)28-24(31)12-8-19-5-3-2-4-6-19)9-11-23(27-22)29-15-13-20(17-29)26-14-16-30/h7,9-11,19-20,26,30H,2-6,8,12-17H2,1H3,(H,28,31). The van der Waals surface area contributed by atoms with Crippen molar-refractivity contribution in [1.82, 2.24) is 10.3 Å². The number of aryl methyl sites for hydroxylation is 1. The topological polar surface area (TPSA) is 77.5 Å². The predicted molar refractivity (Wildman–Crippen MR) is 127 cm³/mol. The van der Waals surface area contributed by atoms with Gasteiger partial charge in [0.2, 0.25) is 5.91 Å². The van der Waals surface area contributed by atoms with E-state index < -0.39 is 0 Å². The largest absolute Gasteiger partial charge is 0.395 e. The normalized spacial score (nSPS) is 19.8. The van der Waals surface area contributed by atoms with Crippen LogP contribution in [0.2, 0.25) is 0 Å². The maximum atomic E-state index is 12.7. The number of nitrogens with zero attached hydrogens (tertiary/aromatic N) is 2. The molecule has 0 radical (unpaired) electrons. The number of aromatic nitrogens is 1. The van der Waals surface area contributed by atoms with E-state index in [0.29, 0.717) is 24.9 Å². The Morgan fingerprint density at radius 1 is 1.16 bits per heavy atom. The highest BCUT2D eigenvalue weighted by Crippen LogP contribution is 2.31. The van der Waals surface area contributed by atoms with Gasteiger partial charge in [-0.15, -0.1) is 0 Å². The Bertz CT molecular complexity index is 894. The number of aliphatic hydroxyl groups is 1. The Labute approximate surface area is 185 Å². The van der Waals surface area contributed by atoms with Gasteiger partial charge in [0.05, 0.1) is 17.8 Å². The molecule has 0 bridgehead atoms.